The predicted octanol–water partition coefficient (Wildman–Crippen LogP) is 1.33. The molecule has 1 unspecified atom stereocenters. The van der Waals surface area contributed by atoms with Crippen LogP contribution in [0, 0.1) is 5.92 Å². The second-order valence-electron chi connectivity index (χ2n) is 5.03. The van der Waals surface area contributed by atoms with Gasteiger partial charge in [-0.05, 0) is 17.7 Å². The Kier molecular flexibility index (Phi) is 8.36. The molecule has 23 heavy (non-hydrogen) atoms. The monoisotopic (exact) mass is 338 g/mol. The van der Waals surface area contributed by atoms with Crippen LogP contribution in [-0.2, 0) is 20.1 Å². The molecule has 7 heteroatoms. The topological polar surface area (TPSA) is 98.5 Å². The van der Waals surface area contributed by atoms with Gasteiger partial charge in [0.15, 0.2) is 5.12 Å². The number of carbonyl (C=O) groups excluding carboxylic acids is 3. The highest BCUT2D eigenvalue weighted by atomic mass is 32.2. The quantitative estimate of drug-likeness (QED) is 0.694. The zero-order valence-corrected chi connectivity index (χ0v) is 14.2. The Morgan fingerprint density at radius 3 is 2.48 bits per heavy atom. The van der Waals surface area contributed by atoms with Crippen molar-refractivity contribution in [1.29, 1.82) is 0 Å². The van der Waals surface area contributed by atoms with Gasteiger partial charge in [0.2, 0.25) is 0 Å². The normalized spacial score (nSPS) is 11.6. The second kappa shape index (κ2) is 10.0. The summed E-state index contributed by atoms with van der Waals surface area (Å²) in [5, 5.41) is 2.63. The number of thioether (sulfide) groups is 1. The van der Waals surface area contributed by atoms with Gasteiger partial charge in [0.1, 0.15) is 0 Å². The van der Waals surface area contributed by atoms with Crippen LogP contribution in [0.15, 0.2) is 24.3 Å². The molecule has 0 aromatic heterocycles. The summed E-state index contributed by atoms with van der Waals surface area (Å²) in [5.41, 5.74) is 6.82. The summed E-state index contributed by atoms with van der Waals surface area (Å²) in [4.78, 5) is 34.8. The van der Waals surface area contributed by atoms with Gasteiger partial charge in [-0.1, -0.05) is 30.8 Å². The zero-order valence-electron chi connectivity index (χ0n) is 13.3. The molecule has 1 amide bonds. The minimum absolute atomic E-state index is 0.0554. The van der Waals surface area contributed by atoms with Gasteiger partial charge < -0.3 is 15.8 Å². The molecule has 0 radical (unpaired) electrons. The number of nitrogens with one attached hydrogen (secondary N) is 1. The van der Waals surface area contributed by atoms with E-state index in [1.165, 1.54) is 7.11 Å². The van der Waals surface area contributed by atoms with Crippen molar-refractivity contribution in [3.63, 3.8) is 0 Å². The first-order valence-corrected chi connectivity index (χ1v) is 8.27. The van der Waals surface area contributed by atoms with Crippen LogP contribution in [0.5, 0.6) is 0 Å². The van der Waals surface area contributed by atoms with Crippen LogP contribution < -0.4 is 11.1 Å². The van der Waals surface area contributed by atoms with Gasteiger partial charge in [-0.2, -0.15) is 0 Å². The summed E-state index contributed by atoms with van der Waals surface area (Å²) in [6.45, 7) is 2.53. The van der Waals surface area contributed by atoms with Crippen LogP contribution in [0.1, 0.15) is 29.3 Å². The minimum atomic E-state index is -0.390. The lowest BCUT2D eigenvalue weighted by atomic mass is 10.1. The number of hydrogen-bond donors (Lipinski definition) is 2. The molecule has 1 rings (SSSR count). The molecular weight excluding hydrogens is 316 g/mol. The number of esters is 1. The first kappa shape index (κ1) is 19.2. The van der Waals surface area contributed by atoms with Gasteiger partial charge in [-0.15, -0.1) is 0 Å². The van der Waals surface area contributed by atoms with Crippen LogP contribution in [0.3, 0.4) is 0 Å². The molecule has 1 atom stereocenters. The molecule has 0 saturated carbocycles. The summed E-state index contributed by atoms with van der Waals surface area (Å²) in [7, 11) is 1.30. The number of amides is 1. The number of nitrogens with two attached hydrogens (primary N) is 1. The maximum absolute atomic E-state index is 11.9. The molecule has 6 nitrogen and oxygen atoms in total. The Balaban J connectivity index is 2.47. The smallest absolute Gasteiger partial charge is 0.306 e. The lowest BCUT2D eigenvalue weighted by Crippen LogP contribution is -2.28. The SMILES string of the molecule is COC(=O)CC(C)C(=O)SCc1ccc(C(=O)NCCN)cc1. The fourth-order valence-electron chi connectivity index (χ4n) is 1.75. The maximum Gasteiger partial charge on any atom is 0.306 e. The van der Waals surface area contributed by atoms with E-state index in [0.29, 0.717) is 24.4 Å². The van der Waals surface area contributed by atoms with Gasteiger partial charge in [0.05, 0.1) is 13.5 Å². The fourth-order valence-corrected chi connectivity index (χ4v) is 2.62. The maximum atomic E-state index is 11.9. The first-order valence-electron chi connectivity index (χ1n) is 7.28. The average molecular weight is 338 g/mol. The molecule has 1 aromatic rings. The number of carbonyl (C=O) groups is 3. The lowest BCUT2D eigenvalue weighted by molar-refractivity contribution is -0.142. The predicted molar refractivity (Wildman–Crippen MR) is 89.9 cm³/mol. The van der Waals surface area contributed by atoms with Gasteiger partial charge in [0.25, 0.3) is 5.91 Å². The summed E-state index contributed by atoms with van der Waals surface area (Å²) in [6, 6.07) is 7.04. The average Bonchev–Trinajstić information content (AvgIpc) is 2.57. The second-order valence-corrected chi connectivity index (χ2v) is 6.01. The summed E-state index contributed by atoms with van der Waals surface area (Å²) < 4.78 is 4.55. The summed E-state index contributed by atoms with van der Waals surface area (Å²) in [6.07, 6.45) is 0.0859. The van der Waals surface area contributed by atoms with Crippen molar-refractivity contribution >= 4 is 28.8 Å². The molecule has 0 aliphatic rings. The van der Waals surface area contributed by atoms with Gasteiger partial charge in [0, 0.05) is 30.3 Å². The third kappa shape index (κ3) is 6.83. The van der Waals surface area contributed by atoms with Gasteiger partial charge in [-0.3, -0.25) is 14.4 Å². The number of methoxy groups -OCH3 is 1. The standard InChI is InChI=1S/C16H22N2O4S/c1-11(9-14(19)22-2)16(21)23-10-12-3-5-13(6-4-12)15(20)18-8-7-17/h3-6,11H,7-10,17H2,1-2H3,(H,18,20). The lowest BCUT2D eigenvalue weighted by Gasteiger charge is -2.09. The van der Waals surface area contributed by atoms with Gasteiger partial charge >= 0.3 is 5.97 Å². The highest BCUT2D eigenvalue weighted by molar-refractivity contribution is 8.13. The molecule has 3 N–H and O–H groups in total. The van der Waals surface area contributed by atoms with E-state index in [0.717, 1.165) is 17.3 Å². The van der Waals surface area contributed by atoms with Crippen LogP contribution >= 0.6 is 11.8 Å². The summed E-state index contributed by atoms with van der Waals surface area (Å²) >= 11 is 1.15. The highest BCUT2D eigenvalue weighted by Crippen LogP contribution is 2.20. The van der Waals surface area contributed by atoms with Crippen molar-refractivity contribution in [2.45, 2.75) is 19.1 Å². The molecular formula is C16H22N2O4S. The molecule has 0 spiro atoms. The van der Waals surface area contributed by atoms with Crippen LogP contribution in [-0.4, -0.2) is 37.2 Å². The Bertz CT molecular complexity index is 546. The largest absolute Gasteiger partial charge is 0.469 e. The number of hydrogen-bond acceptors (Lipinski definition) is 6. The molecule has 0 saturated heterocycles. The van der Waals surface area contributed by atoms with Crippen molar-refractivity contribution in [3.05, 3.63) is 35.4 Å². The number of ether oxygens (including phenoxy) is 1. The highest BCUT2D eigenvalue weighted by Gasteiger charge is 2.17. The van der Waals surface area contributed by atoms with Crippen molar-refractivity contribution in [2.75, 3.05) is 20.2 Å². The minimum Gasteiger partial charge on any atom is -0.469 e. The van der Waals surface area contributed by atoms with Crippen molar-refractivity contribution in [1.82, 2.24) is 5.32 Å². The Labute approximate surface area is 140 Å². The third-order valence-corrected chi connectivity index (χ3v) is 4.29. The van der Waals surface area contributed by atoms with E-state index in [9.17, 15) is 14.4 Å². The van der Waals surface area contributed by atoms with E-state index in [2.05, 4.69) is 10.1 Å². The van der Waals surface area contributed by atoms with Crippen LogP contribution in [0.2, 0.25) is 0 Å². The van der Waals surface area contributed by atoms with E-state index in [1.807, 2.05) is 12.1 Å². The van der Waals surface area contributed by atoms with E-state index >= 15 is 0 Å². The molecule has 0 bridgehead atoms. The molecule has 0 heterocycles. The van der Waals surface area contributed by atoms with Gasteiger partial charge in [-0.25, -0.2) is 0 Å². The number of benzene rings is 1. The van der Waals surface area contributed by atoms with E-state index in [4.69, 9.17) is 5.73 Å². The van der Waals surface area contributed by atoms with Crippen molar-refractivity contribution < 1.29 is 19.1 Å². The van der Waals surface area contributed by atoms with Crippen molar-refractivity contribution in [2.24, 2.45) is 11.7 Å². The first-order chi connectivity index (χ1) is 11.0. The molecule has 126 valence electrons. The molecule has 0 aliphatic carbocycles. The van der Waals surface area contributed by atoms with E-state index in [-0.39, 0.29) is 29.3 Å². The third-order valence-electron chi connectivity index (χ3n) is 3.13. The summed E-state index contributed by atoms with van der Waals surface area (Å²) in [5.74, 6) is -0.444. The Morgan fingerprint density at radius 1 is 1.26 bits per heavy atom. The Morgan fingerprint density at radius 2 is 1.91 bits per heavy atom. The number of rotatable bonds is 8. The molecule has 1 aromatic carbocycles. The van der Waals surface area contributed by atoms with Crippen LogP contribution in [0.25, 0.3) is 0 Å². The van der Waals surface area contributed by atoms with Crippen molar-refractivity contribution in [3.8, 4) is 0 Å². The fraction of sp³-hybridized carbons (Fsp3) is 0.438. The molecule has 0 aliphatic heterocycles. The van der Waals surface area contributed by atoms with E-state index in [1.54, 1.807) is 19.1 Å². The molecule has 0 fully saturated rings. The van der Waals surface area contributed by atoms with E-state index < -0.39 is 0 Å². The zero-order chi connectivity index (χ0) is 17.2. The van der Waals surface area contributed by atoms with Crippen LogP contribution in [0.4, 0.5) is 0 Å². The Hall–Kier alpha value is -1.86.